The van der Waals surface area contributed by atoms with Crippen LogP contribution in [0.4, 0.5) is 4.79 Å². The van der Waals surface area contributed by atoms with Crippen LogP contribution >= 0.6 is 0 Å². The average Bonchev–Trinajstić information content (AvgIpc) is 3.65. The number of nitrogens with zero attached hydrogens (tertiary/aromatic N) is 1. The number of likely N-dealkylation sites (N-methyl/N-ethyl adjacent to an activating group) is 1. The third-order valence-corrected chi connectivity index (χ3v) is 23.7. The Hall–Kier alpha value is -2.68. The second-order valence-electron chi connectivity index (χ2n) is 18.8. The van der Waals surface area contributed by atoms with Crippen molar-refractivity contribution in [2.24, 2.45) is 23.7 Å². The summed E-state index contributed by atoms with van der Waals surface area (Å²) in [6.45, 7) is 27.1. The molecule has 0 bridgehead atoms. The van der Waals surface area contributed by atoms with Crippen molar-refractivity contribution >= 4 is 46.5 Å². The maximum atomic E-state index is 14.6. The molecule has 64 heavy (non-hydrogen) atoms. The monoisotopic (exact) mass is 942 g/mol. The Balaban J connectivity index is 2.26. The second-order valence-corrected chi connectivity index (χ2v) is 28.3. The van der Waals surface area contributed by atoms with Gasteiger partial charge in [-0.25, -0.2) is 4.79 Å². The Kier molecular flexibility index (Phi) is 21.7. The smallest absolute Gasteiger partial charge is 0.462 e. The van der Waals surface area contributed by atoms with Crippen molar-refractivity contribution < 1.29 is 66.0 Å². The minimum absolute atomic E-state index is 0.0678. The van der Waals surface area contributed by atoms with Gasteiger partial charge in [0.1, 0.15) is 12.2 Å². The average molecular weight is 942 g/mol. The van der Waals surface area contributed by atoms with E-state index < -0.39 is 126 Å². The number of esters is 3. The number of carbonyl (C=O) groups is 5. The van der Waals surface area contributed by atoms with Crippen molar-refractivity contribution in [1.29, 1.82) is 0 Å². The number of cyclic esters (lactones) is 1. The first-order valence-electron chi connectivity index (χ1n) is 24.0. The number of ether oxygens (including phenoxy) is 7. The molecule has 0 aromatic rings. The van der Waals surface area contributed by atoms with Gasteiger partial charge in [-0.3, -0.25) is 24.1 Å². The van der Waals surface area contributed by atoms with Crippen LogP contribution in [0.5, 0.6) is 0 Å². The van der Waals surface area contributed by atoms with Crippen LogP contribution in [0.1, 0.15) is 116 Å². The van der Waals surface area contributed by atoms with E-state index in [0.29, 0.717) is 12.0 Å². The predicted octanol–water partition coefficient (Wildman–Crippen LogP) is 8.38. The molecule has 2 saturated heterocycles. The molecule has 0 aromatic carbocycles. The molecule has 0 amide bonds. The van der Waals surface area contributed by atoms with E-state index in [2.05, 4.69) is 41.5 Å². The standard InChI is InChI=1S/C47H83NO14Si2/c1-17-36-35(27-54-63(18-2,19-3)20-4)25-30(10)42-45(61-47(53)60-42)40(52)28(8)24-29(9)41(31(11)37(26-38(51)58-36)62-64(21-5,22-6)23-7)59-46-44(57-34(14)50)39(48(15)16)43(32(12)55-46)56-33(13)49/h25,28-29,31-32,35-37,39,41-46H,17-24,26-27H2,1-16H3/b30-25+/t28-,29+,31+,32?,35-,36-,37-,39?,41+,42?,43?,44?,45?,46?/m1/s1. The van der Waals surface area contributed by atoms with E-state index in [9.17, 15) is 24.0 Å². The van der Waals surface area contributed by atoms with Gasteiger partial charge in [0.05, 0.1) is 30.8 Å². The molecule has 3 aliphatic rings. The lowest BCUT2D eigenvalue weighted by atomic mass is 9.81. The van der Waals surface area contributed by atoms with Gasteiger partial charge >= 0.3 is 24.1 Å². The molecule has 17 heteroatoms. The molecular formula is C47H83NO14Si2. The molecule has 7 unspecified atom stereocenters. The number of hydrogen-bond donors (Lipinski definition) is 0. The third-order valence-electron chi connectivity index (χ3n) is 14.4. The van der Waals surface area contributed by atoms with E-state index in [1.807, 2.05) is 38.7 Å². The highest BCUT2D eigenvalue weighted by Gasteiger charge is 2.52. The van der Waals surface area contributed by atoms with Crippen LogP contribution < -0.4 is 0 Å². The molecule has 0 aliphatic carbocycles. The van der Waals surface area contributed by atoms with Gasteiger partial charge in [-0.1, -0.05) is 75.3 Å². The summed E-state index contributed by atoms with van der Waals surface area (Å²) in [6.07, 6.45) is -6.20. The second kappa shape index (κ2) is 24.9. The molecule has 14 atom stereocenters. The van der Waals surface area contributed by atoms with Crippen LogP contribution in [0.2, 0.25) is 36.3 Å². The molecule has 0 radical (unpaired) electrons. The van der Waals surface area contributed by atoms with Crippen molar-refractivity contribution in [2.75, 3.05) is 20.7 Å². The molecule has 0 saturated carbocycles. The fraction of sp³-hybridized carbons (Fsp3) is 0.851. The molecule has 368 valence electrons. The third kappa shape index (κ3) is 13.9. The number of Topliss-reactive ketones (excluding diaryl/α,β-unsaturated/α-hetero) is 1. The van der Waals surface area contributed by atoms with Crippen molar-refractivity contribution in [3.8, 4) is 0 Å². The van der Waals surface area contributed by atoms with Crippen LogP contribution in [-0.2, 0) is 61.2 Å². The van der Waals surface area contributed by atoms with E-state index in [4.69, 9.17) is 42.0 Å². The predicted molar refractivity (Wildman–Crippen MR) is 247 cm³/mol. The van der Waals surface area contributed by atoms with Gasteiger partial charge in [-0.05, 0) is 88.5 Å². The van der Waals surface area contributed by atoms with E-state index in [1.165, 1.54) is 13.8 Å². The van der Waals surface area contributed by atoms with E-state index in [0.717, 1.165) is 36.3 Å². The van der Waals surface area contributed by atoms with Gasteiger partial charge in [0, 0.05) is 38.2 Å². The zero-order chi connectivity index (χ0) is 48.3. The van der Waals surface area contributed by atoms with Crippen molar-refractivity contribution in [3.63, 3.8) is 0 Å². The van der Waals surface area contributed by atoms with Gasteiger partial charge in [-0.2, -0.15) is 0 Å². The lowest BCUT2D eigenvalue weighted by Crippen LogP contribution is -2.65. The number of hydrogen-bond acceptors (Lipinski definition) is 15. The number of rotatable bonds is 17. The first-order valence-corrected chi connectivity index (χ1v) is 29.1. The van der Waals surface area contributed by atoms with Crippen LogP contribution in [0, 0.1) is 23.7 Å². The fourth-order valence-corrected chi connectivity index (χ4v) is 15.6. The van der Waals surface area contributed by atoms with Crippen molar-refractivity contribution in [2.45, 2.75) is 214 Å². The molecule has 3 rings (SSSR count). The molecule has 3 aliphatic heterocycles. The Bertz CT molecular complexity index is 1570. The highest BCUT2D eigenvalue weighted by Crippen LogP contribution is 2.39. The largest absolute Gasteiger partial charge is 0.509 e. The Morgan fingerprint density at radius 3 is 1.83 bits per heavy atom. The summed E-state index contributed by atoms with van der Waals surface area (Å²) in [7, 11) is -0.891. The Morgan fingerprint density at radius 1 is 0.766 bits per heavy atom. The van der Waals surface area contributed by atoms with E-state index >= 15 is 0 Å². The molecule has 0 aromatic heterocycles. The Labute approximate surface area is 385 Å². The number of carbonyl (C=O) groups excluding carboxylic acids is 5. The first kappa shape index (κ1) is 55.7. The van der Waals surface area contributed by atoms with Crippen molar-refractivity contribution in [3.05, 3.63) is 11.6 Å². The normalized spacial score (nSPS) is 34.5. The maximum absolute atomic E-state index is 14.6. The van der Waals surface area contributed by atoms with E-state index in [-0.39, 0.29) is 25.2 Å². The summed E-state index contributed by atoms with van der Waals surface area (Å²) >= 11 is 0. The SMILES string of the molecule is CC[C@H]1OC(=O)C[C@@H](O[Si](CC)(CC)CC)[C@H](C)[C@@H](OC2OC(C)C(OC(C)=O)C(N(C)C)C2OC(C)=O)[C@@H](C)C[C@@H](C)C(=O)C2OC(=O)OC2/C(C)=C/[C@@H]1CO[Si](CC)(CC)CC. The molecule has 0 spiro atoms. The number of ketones is 1. The van der Waals surface area contributed by atoms with Gasteiger partial charge < -0.3 is 42.0 Å². The van der Waals surface area contributed by atoms with Crippen molar-refractivity contribution in [1.82, 2.24) is 4.90 Å². The van der Waals surface area contributed by atoms with Gasteiger partial charge in [0.15, 0.2) is 40.9 Å². The van der Waals surface area contributed by atoms with Crippen LogP contribution in [0.25, 0.3) is 0 Å². The lowest BCUT2D eigenvalue weighted by molar-refractivity contribution is -0.307. The van der Waals surface area contributed by atoms with Gasteiger partial charge in [-0.15, -0.1) is 0 Å². The summed E-state index contributed by atoms with van der Waals surface area (Å²) in [4.78, 5) is 68.8. The summed E-state index contributed by atoms with van der Waals surface area (Å²) in [5.41, 5.74) is 0.611. The maximum Gasteiger partial charge on any atom is 0.509 e. The molecule has 3 heterocycles. The summed E-state index contributed by atoms with van der Waals surface area (Å²) in [5, 5.41) is 0. The summed E-state index contributed by atoms with van der Waals surface area (Å²) in [6, 6.07) is 4.61. The quantitative estimate of drug-likeness (QED) is 0.0589. The molecule has 2 fully saturated rings. The van der Waals surface area contributed by atoms with Crippen LogP contribution in [0.15, 0.2) is 11.6 Å². The zero-order valence-electron chi connectivity index (χ0n) is 41.9. The molecular weight excluding hydrogens is 859 g/mol. The lowest BCUT2D eigenvalue weighted by Gasteiger charge is -2.48. The molecule has 0 N–H and O–H groups in total. The first-order chi connectivity index (χ1) is 30.1. The Morgan fingerprint density at radius 2 is 1.31 bits per heavy atom. The number of fused-ring (bicyclic) bond motifs is 1. The minimum Gasteiger partial charge on any atom is -0.462 e. The highest BCUT2D eigenvalue weighted by atomic mass is 28.4. The van der Waals surface area contributed by atoms with E-state index in [1.54, 1.807) is 27.9 Å². The highest BCUT2D eigenvalue weighted by molar-refractivity contribution is 6.74. The topological polar surface area (TPSA) is 172 Å². The van der Waals surface area contributed by atoms with Gasteiger partial charge in [0.25, 0.3) is 0 Å². The van der Waals surface area contributed by atoms with Crippen LogP contribution in [-0.4, -0.2) is 133 Å². The van der Waals surface area contributed by atoms with Gasteiger partial charge in [0.2, 0.25) is 6.10 Å². The minimum atomic E-state index is -2.40. The fourth-order valence-electron chi connectivity index (χ4n) is 10.0. The van der Waals surface area contributed by atoms with Crippen LogP contribution in [0.3, 0.4) is 0 Å². The summed E-state index contributed by atoms with van der Waals surface area (Å²) < 4.78 is 57.2. The zero-order valence-corrected chi connectivity index (χ0v) is 43.9. The summed E-state index contributed by atoms with van der Waals surface area (Å²) in [5.74, 6) is -3.77. The molecule has 15 nitrogen and oxygen atoms in total.